The second-order valence-electron chi connectivity index (χ2n) is 4.26. The molecule has 1 aromatic rings. The smallest absolute Gasteiger partial charge is 0.335 e. The summed E-state index contributed by atoms with van der Waals surface area (Å²) in [5, 5.41) is 8.93. The van der Waals surface area contributed by atoms with Crippen molar-refractivity contribution in [1.82, 2.24) is 0 Å². The molecule has 98 valence electrons. The molecule has 0 bridgehead atoms. The molecule has 0 radical (unpaired) electrons. The molecular weight excluding hydrogens is 246 g/mol. The number of terminal acetylenes is 1. The molecule has 19 heavy (non-hydrogen) atoms. The van der Waals surface area contributed by atoms with Crippen LogP contribution in [-0.4, -0.2) is 30.6 Å². The van der Waals surface area contributed by atoms with Crippen molar-refractivity contribution in [2.75, 3.05) is 18.6 Å². The number of amides is 1. The number of carboxylic acids is 1. The number of carbonyl (C=O) groups excluding carboxylic acids is 1. The normalized spacial score (nSPS) is 18.2. The van der Waals surface area contributed by atoms with Crippen LogP contribution >= 0.6 is 0 Å². The number of aromatic carboxylic acids is 1. The van der Waals surface area contributed by atoms with Gasteiger partial charge in [0.1, 0.15) is 5.75 Å². The predicted octanol–water partition coefficient (Wildman–Crippen LogP) is 1.38. The zero-order valence-corrected chi connectivity index (χ0v) is 10.4. The van der Waals surface area contributed by atoms with E-state index in [9.17, 15) is 9.59 Å². The Kier molecular flexibility index (Phi) is 3.43. The van der Waals surface area contributed by atoms with Gasteiger partial charge in [0.05, 0.1) is 18.4 Å². The van der Waals surface area contributed by atoms with Gasteiger partial charge in [0, 0.05) is 18.9 Å². The van der Waals surface area contributed by atoms with Crippen molar-refractivity contribution in [3.05, 3.63) is 23.8 Å². The number of methoxy groups -OCH3 is 1. The molecule has 0 aromatic heterocycles. The van der Waals surface area contributed by atoms with Crippen LogP contribution in [0.15, 0.2) is 18.2 Å². The molecule has 5 heteroatoms. The highest BCUT2D eigenvalue weighted by Crippen LogP contribution is 2.33. The highest BCUT2D eigenvalue weighted by Gasteiger charge is 2.31. The molecule has 5 nitrogen and oxygen atoms in total. The molecular formula is C14H13NO4. The Morgan fingerprint density at radius 3 is 2.84 bits per heavy atom. The molecule has 1 aliphatic rings. The number of rotatable bonds is 3. The predicted molar refractivity (Wildman–Crippen MR) is 69.2 cm³/mol. The quantitative estimate of drug-likeness (QED) is 0.833. The first-order valence-corrected chi connectivity index (χ1v) is 5.74. The van der Waals surface area contributed by atoms with Crippen LogP contribution in [0.3, 0.4) is 0 Å². The summed E-state index contributed by atoms with van der Waals surface area (Å²) in [5.41, 5.74) is 0.663. The largest absolute Gasteiger partial charge is 0.495 e. The van der Waals surface area contributed by atoms with Crippen LogP contribution in [0.2, 0.25) is 0 Å². The van der Waals surface area contributed by atoms with Gasteiger partial charge in [0.25, 0.3) is 0 Å². The number of anilines is 1. The molecule has 1 amide bonds. The third kappa shape index (κ3) is 2.38. The van der Waals surface area contributed by atoms with Crippen LogP contribution in [0.5, 0.6) is 5.75 Å². The molecule has 0 spiro atoms. The Bertz CT molecular complexity index is 573. The topological polar surface area (TPSA) is 66.8 Å². The fourth-order valence-corrected chi connectivity index (χ4v) is 2.09. The number of hydrogen-bond donors (Lipinski definition) is 1. The van der Waals surface area contributed by atoms with Gasteiger partial charge >= 0.3 is 5.97 Å². The summed E-state index contributed by atoms with van der Waals surface area (Å²) < 4.78 is 5.16. The van der Waals surface area contributed by atoms with Crippen LogP contribution < -0.4 is 9.64 Å². The zero-order valence-electron chi connectivity index (χ0n) is 10.4. The van der Waals surface area contributed by atoms with E-state index in [0.29, 0.717) is 24.4 Å². The van der Waals surface area contributed by atoms with Crippen molar-refractivity contribution in [2.24, 2.45) is 5.92 Å². The summed E-state index contributed by atoms with van der Waals surface area (Å²) in [6, 6.07) is 4.41. The second kappa shape index (κ2) is 5.02. The van der Waals surface area contributed by atoms with Crippen LogP contribution in [0.1, 0.15) is 16.8 Å². The summed E-state index contributed by atoms with van der Waals surface area (Å²) >= 11 is 0. The molecule has 0 saturated carbocycles. The monoisotopic (exact) mass is 259 g/mol. The van der Waals surface area contributed by atoms with E-state index in [1.807, 2.05) is 0 Å². The number of ether oxygens (including phenoxy) is 1. The number of benzene rings is 1. The average molecular weight is 259 g/mol. The highest BCUT2D eigenvalue weighted by molar-refractivity contribution is 5.98. The third-order valence-electron chi connectivity index (χ3n) is 3.08. The van der Waals surface area contributed by atoms with Gasteiger partial charge < -0.3 is 14.7 Å². The molecule has 1 aromatic carbocycles. The van der Waals surface area contributed by atoms with Crippen LogP contribution in [0, 0.1) is 18.3 Å². The first-order valence-electron chi connectivity index (χ1n) is 5.74. The van der Waals surface area contributed by atoms with E-state index in [2.05, 4.69) is 5.92 Å². The second-order valence-corrected chi connectivity index (χ2v) is 4.26. The van der Waals surface area contributed by atoms with E-state index >= 15 is 0 Å². The molecule has 1 saturated heterocycles. The van der Waals surface area contributed by atoms with Gasteiger partial charge in [0.2, 0.25) is 5.91 Å². The van der Waals surface area contributed by atoms with Crippen molar-refractivity contribution in [3.8, 4) is 18.1 Å². The Balaban J connectivity index is 2.38. The van der Waals surface area contributed by atoms with Crippen molar-refractivity contribution in [3.63, 3.8) is 0 Å². The van der Waals surface area contributed by atoms with E-state index in [1.165, 1.54) is 24.1 Å². The maximum absolute atomic E-state index is 11.9. The molecule has 2 rings (SSSR count). The average Bonchev–Trinajstić information content (AvgIpc) is 2.79. The SMILES string of the molecule is C#CC1CC(=O)N(c2ccc(C(=O)O)cc2OC)C1. The van der Waals surface area contributed by atoms with Crippen molar-refractivity contribution in [2.45, 2.75) is 6.42 Å². The van der Waals surface area contributed by atoms with Gasteiger partial charge in [-0.15, -0.1) is 12.3 Å². The lowest BCUT2D eigenvalue weighted by atomic mass is 10.1. The molecule has 1 N–H and O–H groups in total. The van der Waals surface area contributed by atoms with E-state index < -0.39 is 5.97 Å². The number of carboxylic acid groups (broad SMARTS) is 1. The molecule has 1 atom stereocenters. The fourth-order valence-electron chi connectivity index (χ4n) is 2.09. The standard InChI is InChI=1S/C14H13NO4/c1-3-9-6-13(16)15(8-9)11-5-4-10(14(17)18)7-12(11)19-2/h1,4-5,7,9H,6,8H2,2H3,(H,17,18). The van der Waals surface area contributed by atoms with Crippen LogP contribution in [-0.2, 0) is 4.79 Å². The molecule has 1 aliphatic heterocycles. The van der Waals surface area contributed by atoms with Gasteiger partial charge in [-0.25, -0.2) is 4.79 Å². The maximum Gasteiger partial charge on any atom is 0.335 e. The van der Waals surface area contributed by atoms with E-state index in [-0.39, 0.29) is 17.4 Å². The third-order valence-corrected chi connectivity index (χ3v) is 3.08. The van der Waals surface area contributed by atoms with Gasteiger partial charge in [-0.1, -0.05) is 0 Å². The number of hydrogen-bond acceptors (Lipinski definition) is 3. The fraction of sp³-hybridized carbons (Fsp3) is 0.286. The molecule has 1 heterocycles. The summed E-state index contributed by atoms with van der Waals surface area (Å²) in [4.78, 5) is 24.3. The highest BCUT2D eigenvalue weighted by atomic mass is 16.5. The summed E-state index contributed by atoms with van der Waals surface area (Å²) in [5.74, 6) is 1.68. The first kappa shape index (κ1) is 13.0. The Morgan fingerprint density at radius 2 is 2.32 bits per heavy atom. The summed E-state index contributed by atoms with van der Waals surface area (Å²) in [6.45, 7) is 0.429. The lowest BCUT2D eigenvalue weighted by molar-refractivity contribution is -0.117. The lowest BCUT2D eigenvalue weighted by Crippen LogP contribution is -2.25. The van der Waals surface area contributed by atoms with E-state index in [1.54, 1.807) is 6.07 Å². The molecule has 0 aliphatic carbocycles. The molecule has 1 fully saturated rings. The van der Waals surface area contributed by atoms with E-state index in [4.69, 9.17) is 16.3 Å². The zero-order chi connectivity index (χ0) is 14.0. The lowest BCUT2D eigenvalue weighted by Gasteiger charge is -2.19. The minimum absolute atomic E-state index is 0.0793. The Morgan fingerprint density at radius 1 is 1.58 bits per heavy atom. The van der Waals surface area contributed by atoms with Crippen molar-refractivity contribution < 1.29 is 19.4 Å². The van der Waals surface area contributed by atoms with Crippen LogP contribution in [0.25, 0.3) is 0 Å². The summed E-state index contributed by atoms with van der Waals surface area (Å²) in [6.07, 6.45) is 5.64. The van der Waals surface area contributed by atoms with Gasteiger partial charge in [0.15, 0.2) is 0 Å². The number of carbonyl (C=O) groups is 2. The first-order chi connectivity index (χ1) is 9.06. The Labute approximate surface area is 110 Å². The van der Waals surface area contributed by atoms with Gasteiger partial charge in [-0.3, -0.25) is 4.79 Å². The van der Waals surface area contributed by atoms with Crippen molar-refractivity contribution in [1.29, 1.82) is 0 Å². The van der Waals surface area contributed by atoms with Gasteiger partial charge in [-0.05, 0) is 18.2 Å². The minimum Gasteiger partial charge on any atom is -0.495 e. The summed E-state index contributed by atoms with van der Waals surface area (Å²) in [7, 11) is 1.43. The van der Waals surface area contributed by atoms with Crippen LogP contribution in [0.4, 0.5) is 5.69 Å². The van der Waals surface area contributed by atoms with E-state index in [0.717, 1.165) is 0 Å². The Hall–Kier alpha value is -2.48. The molecule has 1 unspecified atom stereocenters. The van der Waals surface area contributed by atoms with Gasteiger partial charge in [-0.2, -0.15) is 0 Å². The maximum atomic E-state index is 11.9. The number of nitrogens with zero attached hydrogens (tertiary/aromatic N) is 1. The van der Waals surface area contributed by atoms with Crippen molar-refractivity contribution >= 4 is 17.6 Å². The minimum atomic E-state index is -1.04.